The second-order valence-electron chi connectivity index (χ2n) is 8.00. The van der Waals surface area contributed by atoms with Gasteiger partial charge in [0.1, 0.15) is 0 Å². The summed E-state index contributed by atoms with van der Waals surface area (Å²) in [5.74, 6) is 2.54. The summed E-state index contributed by atoms with van der Waals surface area (Å²) in [7, 11) is 0. The topological polar surface area (TPSA) is 55.1 Å². The molecule has 120 valence electrons. The van der Waals surface area contributed by atoms with E-state index in [0.717, 1.165) is 23.3 Å². The Kier molecular flexibility index (Phi) is 3.40. The molecule has 4 fully saturated rings. The average molecular weight is 367 g/mol. The molecular weight excluding hydrogens is 344 g/mol. The molecule has 4 nitrogen and oxygen atoms in total. The van der Waals surface area contributed by atoms with E-state index in [1.807, 2.05) is 13.0 Å². The van der Waals surface area contributed by atoms with Gasteiger partial charge in [0.05, 0.1) is 12.2 Å². The lowest BCUT2D eigenvalue weighted by Gasteiger charge is -2.60. The van der Waals surface area contributed by atoms with E-state index in [4.69, 9.17) is 4.52 Å². The molecule has 4 aliphatic carbocycles. The SMILES string of the molecule is Cc1cc(CNC(=O)CC23CC4CC(CC(Br)(C4)C2)C3)on1. The predicted molar refractivity (Wildman–Crippen MR) is 86.5 cm³/mol. The Balaban J connectivity index is 1.39. The number of hydrogen-bond donors (Lipinski definition) is 1. The van der Waals surface area contributed by atoms with Gasteiger partial charge < -0.3 is 9.84 Å². The lowest BCUT2D eigenvalue weighted by molar-refractivity contribution is -0.128. The molecule has 1 N–H and O–H groups in total. The third kappa shape index (κ3) is 2.72. The van der Waals surface area contributed by atoms with Gasteiger partial charge in [-0.1, -0.05) is 21.1 Å². The minimum absolute atomic E-state index is 0.159. The number of halogens is 1. The fourth-order valence-electron chi connectivity index (χ4n) is 5.63. The first kappa shape index (κ1) is 14.7. The van der Waals surface area contributed by atoms with Crippen molar-refractivity contribution in [1.82, 2.24) is 10.5 Å². The van der Waals surface area contributed by atoms with Gasteiger partial charge in [-0.25, -0.2) is 0 Å². The van der Waals surface area contributed by atoms with Crippen LogP contribution in [0.25, 0.3) is 0 Å². The van der Waals surface area contributed by atoms with Crippen LogP contribution in [0.2, 0.25) is 0 Å². The zero-order chi connectivity index (χ0) is 15.4. The lowest BCUT2D eigenvalue weighted by Crippen LogP contribution is -2.54. The molecule has 0 spiro atoms. The van der Waals surface area contributed by atoms with Gasteiger partial charge in [0, 0.05) is 16.8 Å². The third-order valence-corrected chi connectivity index (χ3v) is 6.71. The molecule has 4 bridgehead atoms. The molecule has 0 radical (unpaired) electrons. The van der Waals surface area contributed by atoms with Crippen LogP contribution in [0, 0.1) is 24.2 Å². The van der Waals surface area contributed by atoms with Crippen molar-refractivity contribution in [2.24, 2.45) is 17.3 Å². The normalized spacial score (nSPS) is 39.2. The minimum atomic E-state index is 0.159. The first-order valence-electron chi connectivity index (χ1n) is 8.32. The third-order valence-electron chi connectivity index (χ3n) is 5.78. The van der Waals surface area contributed by atoms with Crippen LogP contribution in [-0.2, 0) is 11.3 Å². The molecule has 4 saturated carbocycles. The number of nitrogens with zero attached hydrogens (tertiary/aromatic N) is 1. The van der Waals surface area contributed by atoms with Gasteiger partial charge in [0.25, 0.3) is 0 Å². The van der Waals surface area contributed by atoms with Crippen molar-refractivity contribution in [3.63, 3.8) is 0 Å². The molecule has 1 aromatic rings. The fraction of sp³-hybridized carbons (Fsp3) is 0.765. The van der Waals surface area contributed by atoms with Gasteiger partial charge in [-0.2, -0.15) is 0 Å². The van der Waals surface area contributed by atoms with Gasteiger partial charge in [-0.3, -0.25) is 4.79 Å². The minimum Gasteiger partial charge on any atom is -0.359 e. The zero-order valence-electron chi connectivity index (χ0n) is 13.0. The van der Waals surface area contributed by atoms with Crippen LogP contribution >= 0.6 is 15.9 Å². The Morgan fingerprint density at radius 1 is 1.41 bits per heavy atom. The van der Waals surface area contributed by atoms with E-state index in [9.17, 15) is 4.79 Å². The molecule has 2 unspecified atom stereocenters. The van der Waals surface area contributed by atoms with Crippen LogP contribution in [-0.4, -0.2) is 15.4 Å². The van der Waals surface area contributed by atoms with Gasteiger partial charge in [-0.05, 0) is 62.7 Å². The number of aryl methyl sites for hydroxylation is 1. The monoisotopic (exact) mass is 366 g/mol. The Morgan fingerprint density at radius 3 is 2.73 bits per heavy atom. The summed E-state index contributed by atoms with van der Waals surface area (Å²) in [4.78, 5) is 12.4. The highest BCUT2D eigenvalue weighted by Crippen LogP contribution is 2.65. The number of carbonyl (C=O) groups excluding carboxylic acids is 1. The van der Waals surface area contributed by atoms with Crippen LogP contribution in [0.4, 0.5) is 0 Å². The van der Waals surface area contributed by atoms with Crippen molar-refractivity contribution in [2.75, 3.05) is 0 Å². The number of alkyl halides is 1. The Hall–Kier alpha value is -0.840. The standard InChI is InChI=1S/C17H23BrN2O2/c1-11-2-14(22-20-11)9-19-15(21)8-16-4-12-3-13(5-16)7-17(18,6-12)10-16/h2,12-13H,3-10H2,1H3,(H,19,21). The van der Waals surface area contributed by atoms with Crippen molar-refractivity contribution < 1.29 is 9.32 Å². The Morgan fingerprint density at radius 2 is 2.14 bits per heavy atom. The molecule has 1 aromatic heterocycles. The van der Waals surface area contributed by atoms with Crippen molar-refractivity contribution in [3.05, 3.63) is 17.5 Å². The van der Waals surface area contributed by atoms with Crippen molar-refractivity contribution >= 4 is 21.8 Å². The Bertz CT molecular complexity index is 583. The summed E-state index contributed by atoms with van der Waals surface area (Å²) >= 11 is 4.01. The van der Waals surface area contributed by atoms with E-state index in [-0.39, 0.29) is 11.3 Å². The lowest BCUT2D eigenvalue weighted by atomic mass is 9.48. The van der Waals surface area contributed by atoms with E-state index in [2.05, 4.69) is 26.4 Å². The van der Waals surface area contributed by atoms with Crippen LogP contribution in [0.3, 0.4) is 0 Å². The highest BCUT2D eigenvalue weighted by atomic mass is 79.9. The quantitative estimate of drug-likeness (QED) is 0.826. The first-order chi connectivity index (χ1) is 10.4. The number of hydrogen-bond acceptors (Lipinski definition) is 3. The highest BCUT2D eigenvalue weighted by Gasteiger charge is 2.57. The maximum atomic E-state index is 12.4. The molecule has 2 atom stereocenters. The summed E-state index contributed by atoms with van der Waals surface area (Å²) in [6.07, 6.45) is 8.32. The summed E-state index contributed by atoms with van der Waals surface area (Å²) in [6.45, 7) is 2.34. The average Bonchev–Trinajstić information content (AvgIpc) is 2.78. The van der Waals surface area contributed by atoms with Crippen molar-refractivity contribution in [1.29, 1.82) is 0 Å². The smallest absolute Gasteiger partial charge is 0.220 e. The number of carbonyl (C=O) groups is 1. The van der Waals surface area contributed by atoms with Crippen molar-refractivity contribution in [3.8, 4) is 0 Å². The van der Waals surface area contributed by atoms with E-state index in [0.29, 0.717) is 17.3 Å². The van der Waals surface area contributed by atoms with E-state index in [1.54, 1.807) is 0 Å². The number of rotatable bonds is 4. The van der Waals surface area contributed by atoms with E-state index < -0.39 is 0 Å². The number of nitrogens with one attached hydrogen (secondary N) is 1. The first-order valence-corrected chi connectivity index (χ1v) is 9.11. The molecule has 0 aromatic carbocycles. The molecule has 0 aliphatic heterocycles. The van der Waals surface area contributed by atoms with Crippen LogP contribution in [0.5, 0.6) is 0 Å². The summed E-state index contributed by atoms with van der Waals surface area (Å²) < 4.78 is 5.47. The van der Waals surface area contributed by atoms with Crippen LogP contribution < -0.4 is 5.32 Å². The van der Waals surface area contributed by atoms with Crippen LogP contribution in [0.1, 0.15) is 56.4 Å². The Labute approximate surface area is 139 Å². The van der Waals surface area contributed by atoms with Gasteiger partial charge in [0.2, 0.25) is 5.91 Å². The zero-order valence-corrected chi connectivity index (χ0v) is 14.6. The molecule has 22 heavy (non-hydrogen) atoms. The van der Waals surface area contributed by atoms with Gasteiger partial charge in [-0.15, -0.1) is 0 Å². The van der Waals surface area contributed by atoms with Crippen molar-refractivity contribution in [2.45, 2.75) is 62.7 Å². The molecule has 5 rings (SSSR count). The predicted octanol–water partition coefficient (Wildman–Crippen LogP) is 3.72. The molecule has 4 aliphatic rings. The highest BCUT2D eigenvalue weighted by molar-refractivity contribution is 9.10. The molecular formula is C17H23BrN2O2. The largest absolute Gasteiger partial charge is 0.359 e. The molecule has 1 heterocycles. The van der Waals surface area contributed by atoms with Gasteiger partial charge in [0.15, 0.2) is 5.76 Å². The molecule has 5 heteroatoms. The van der Waals surface area contributed by atoms with Gasteiger partial charge >= 0.3 is 0 Å². The second-order valence-corrected chi connectivity index (χ2v) is 9.68. The fourth-order valence-corrected chi connectivity index (χ4v) is 7.14. The number of amides is 1. The van der Waals surface area contributed by atoms with Crippen LogP contribution in [0.15, 0.2) is 10.6 Å². The maximum Gasteiger partial charge on any atom is 0.220 e. The molecule has 0 saturated heterocycles. The summed E-state index contributed by atoms with van der Waals surface area (Å²) in [5, 5.41) is 6.86. The van der Waals surface area contributed by atoms with E-state index in [1.165, 1.54) is 38.5 Å². The number of aromatic nitrogens is 1. The van der Waals surface area contributed by atoms with E-state index >= 15 is 0 Å². The summed E-state index contributed by atoms with van der Waals surface area (Å²) in [5.41, 5.74) is 1.08. The maximum absolute atomic E-state index is 12.4. The molecule has 1 amide bonds. The second kappa shape index (κ2) is 5.08. The summed E-state index contributed by atoms with van der Waals surface area (Å²) in [6, 6.07) is 1.87.